The molecule has 21 heavy (non-hydrogen) atoms. The highest BCUT2D eigenvalue weighted by Crippen LogP contribution is 2.35. The largest absolute Gasteiger partial charge is 0.299 e. The first kappa shape index (κ1) is 16.3. The van der Waals surface area contributed by atoms with Gasteiger partial charge in [-0.05, 0) is 42.7 Å². The maximum Gasteiger partial charge on any atom is 0.140 e. The van der Waals surface area contributed by atoms with Crippen LogP contribution < -0.4 is 0 Å². The Morgan fingerprint density at radius 3 is 2.38 bits per heavy atom. The molecule has 2 atom stereocenters. The van der Waals surface area contributed by atoms with Gasteiger partial charge >= 0.3 is 0 Å². The molecule has 0 unspecified atom stereocenters. The van der Waals surface area contributed by atoms with E-state index in [-0.39, 0.29) is 5.92 Å². The number of benzene rings is 1. The van der Waals surface area contributed by atoms with Crippen LogP contribution in [0.5, 0.6) is 0 Å². The van der Waals surface area contributed by atoms with Crippen molar-refractivity contribution in [1.29, 1.82) is 0 Å². The van der Waals surface area contributed by atoms with Gasteiger partial charge in [0.05, 0.1) is 0 Å². The average molecular weight is 286 g/mol. The molecule has 1 fully saturated rings. The number of hydrogen-bond acceptors (Lipinski definition) is 1. The first-order chi connectivity index (χ1) is 10.2. The minimum Gasteiger partial charge on any atom is -0.299 e. The van der Waals surface area contributed by atoms with E-state index >= 15 is 0 Å². The fourth-order valence-corrected chi connectivity index (χ4v) is 3.60. The zero-order valence-corrected chi connectivity index (χ0v) is 13.7. The summed E-state index contributed by atoms with van der Waals surface area (Å²) in [6.07, 6.45) is 10.5. The van der Waals surface area contributed by atoms with E-state index in [1.165, 1.54) is 56.1 Å². The summed E-state index contributed by atoms with van der Waals surface area (Å²) in [6, 6.07) is 8.86. The van der Waals surface area contributed by atoms with Crippen molar-refractivity contribution >= 4 is 5.78 Å². The van der Waals surface area contributed by atoms with Crippen LogP contribution in [-0.4, -0.2) is 5.78 Å². The summed E-state index contributed by atoms with van der Waals surface area (Å²) in [4.78, 5) is 12.4. The van der Waals surface area contributed by atoms with Gasteiger partial charge in [0.1, 0.15) is 5.78 Å². The van der Waals surface area contributed by atoms with E-state index in [2.05, 4.69) is 38.1 Å². The van der Waals surface area contributed by atoms with Crippen molar-refractivity contribution in [3.05, 3.63) is 35.4 Å². The van der Waals surface area contributed by atoms with Gasteiger partial charge in [-0.1, -0.05) is 63.8 Å². The molecule has 0 heterocycles. The molecule has 0 bridgehead atoms. The molecular formula is C20H30O. The fraction of sp³-hybridized carbons (Fsp3) is 0.650. The zero-order chi connectivity index (χ0) is 15.1. The number of rotatable bonds is 7. The van der Waals surface area contributed by atoms with Gasteiger partial charge in [0.25, 0.3) is 0 Å². The van der Waals surface area contributed by atoms with E-state index in [1.54, 1.807) is 0 Å². The molecule has 0 amide bonds. The molecule has 0 aromatic heterocycles. The Hall–Kier alpha value is -1.11. The quantitative estimate of drug-likeness (QED) is 0.590. The lowest BCUT2D eigenvalue weighted by atomic mass is 9.76. The number of carbonyl (C=O) groups excluding carboxylic acids is 1. The molecule has 2 rings (SSSR count). The van der Waals surface area contributed by atoms with E-state index in [1.807, 2.05) is 0 Å². The lowest BCUT2D eigenvalue weighted by Crippen LogP contribution is -2.23. The van der Waals surface area contributed by atoms with Gasteiger partial charge < -0.3 is 0 Å². The molecule has 116 valence electrons. The Balaban J connectivity index is 1.91. The summed E-state index contributed by atoms with van der Waals surface area (Å²) < 4.78 is 0. The topological polar surface area (TPSA) is 17.1 Å². The van der Waals surface area contributed by atoms with Crippen LogP contribution in [-0.2, 0) is 11.2 Å². The SMILES string of the molecule is CCCCCc1ccc([C@@H]2CC[C@@H](CCC)CC2=O)cc1. The summed E-state index contributed by atoms with van der Waals surface area (Å²) in [5.41, 5.74) is 2.66. The van der Waals surface area contributed by atoms with Crippen LogP contribution in [0.4, 0.5) is 0 Å². The van der Waals surface area contributed by atoms with Crippen molar-refractivity contribution in [2.75, 3.05) is 0 Å². The smallest absolute Gasteiger partial charge is 0.140 e. The van der Waals surface area contributed by atoms with Gasteiger partial charge in [0.2, 0.25) is 0 Å². The third-order valence-corrected chi connectivity index (χ3v) is 4.89. The summed E-state index contributed by atoms with van der Waals surface area (Å²) >= 11 is 0. The molecule has 0 radical (unpaired) electrons. The molecule has 1 aromatic carbocycles. The Kier molecular flexibility index (Phi) is 6.48. The van der Waals surface area contributed by atoms with Crippen molar-refractivity contribution in [3.8, 4) is 0 Å². The minimum atomic E-state index is 0.169. The van der Waals surface area contributed by atoms with Crippen LogP contribution in [0.25, 0.3) is 0 Å². The van der Waals surface area contributed by atoms with E-state index in [9.17, 15) is 4.79 Å². The monoisotopic (exact) mass is 286 g/mol. The van der Waals surface area contributed by atoms with Gasteiger partial charge in [-0.2, -0.15) is 0 Å². The van der Waals surface area contributed by atoms with Crippen LogP contribution in [0, 0.1) is 5.92 Å². The Morgan fingerprint density at radius 2 is 1.76 bits per heavy atom. The molecule has 1 saturated carbocycles. The van der Waals surface area contributed by atoms with Gasteiger partial charge in [-0.15, -0.1) is 0 Å². The lowest BCUT2D eigenvalue weighted by molar-refractivity contribution is -0.123. The second-order valence-corrected chi connectivity index (χ2v) is 6.65. The number of hydrogen-bond donors (Lipinski definition) is 0. The maximum absolute atomic E-state index is 12.4. The van der Waals surface area contributed by atoms with Crippen molar-refractivity contribution in [1.82, 2.24) is 0 Å². The molecule has 1 aliphatic carbocycles. The molecule has 1 aliphatic rings. The molecule has 1 nitrogen and oxygen atoms in total. The van der Waals surface area contributed by atoms with Crippen LogP contribution >= 0.6 is 0 Å². The second kappa shape index (κ2) is 8.36. The van der Waals surface area contributed by atoms with Crippen LogP contribution in [0.1, 0.15) is 82.3 Å². The molecule has 0 saturated heterocycles. The van der Waals surface area contributed by atoms with Crippen molar-refractivity contribution in [3.63, 3.8) is 0 Å². The highest BCUT2D eigenvalue weighted by Gasteiger charge is 2.28. The number of unbranched alkanes of at least 4 members (excludes halogenated alkanes) is 2. The zero-order valence-electron chi connectivity index (χ0n) is 13.7. The maximum atomic E-state index is 12.4. The molecule has 1 aromatic rings. The predicted octanol–water partition coefficient (Wildman–Crippen LogP) is 5.67. The molecule has 0 N–H and O–H groups in total. The van der Waals surface area contributed by atoms with E-state index in [0.29, 0.717) is 11.7 Å². The van der Waals surface area contributed by atoms with Gasteiger partial charge in [-0.3, -0.25) is 4.79 Å². The fourth-order valence-electron chi connectivity index (χ4n) is 3.60. The molecular weight excluding hydrogens is 256 g/mol. The van der Waals surface area contributed by atoms with E-state index in [4.69, 9.17) is 0 Å². The van der Waals surface area contributed by atoms with E-state index < -0.39 is 0 Å². The van der Waals surface area contributed by atoms with Crippen LogP contribution in [0.2, 0.25) is 0 Å². The summed E-state index contributed by atoms with van der Waals surface area (Å²) in [5.74, 6) is 1.29. The third-order valence-electron chi connectivity index (χ3n) is 4.89. The third kappa shape index (κ3) is 4.69. The minimum absolute atomic E-state index is 0.169. The molecule has 0 spiro atoms. The summed E-state index contributed by atoms with van der Waals surface area (Å²) in [7, 11) is 0. The second-order valence-electron chi connectivity index (χ2n) is 6.65. The highest BCUT2D eigenvalue weighted by molar-refractivity contribution is 5.86. The summed E-state index contributed by atoms with van der Waals surface area (Å²) in [6.45, 7) is 4.46. The standard InChI is InChI=1S/C20H30O/c1-3-5-6-8-16-9-12-18(13-10-16)19-14-11-17(7-4-2)15-20(19)21/h9-10,12-13,17,19H,3-8,11,14-15H2,1-2H3/t17-,19+/m1/s1. The van der Waals surface area contributed by atoms with Gasteiger partial charge in [0.15, 0.2) is 0 Å². The van der Waals surface area contributed by atoms with Crippen molar-refractivity contribution in [2.45, 2.75) is 77.6 Å². The van der Waals surface area contributed by atoms with Crippen LogP contribution in [0.3, 0.4) is 0 Å². The average Bonchev–Trinajstić information content (AvgIpc) is 2.49. The number of Topliss-reactive ketones (excluding diaryl/α,β-unsaturated/α-hetero) is 1. The number of aryl methyl sites for hydroxylation is 1. The van der Waals surface area contributed by atoms with Crippen molar-refractivity contribution in [2.24, 2.45) is 5.92 Å². The first-order valence-corrected chi connectivity index (χ1v) is 8.86. The Bertz CT molecular complexity index is 432. The van der Waals surface area contributed by atoms with Crippen molar-refractivity contribution < 1.29 is 4.79 Å². The predicted molar refractivity (Wildman–Crippen MR) is 89.7 cm³/mol. The van der Waals surface area contributed by atoms with Gasteiger partial charge in [-0.25, -0.2) is 0 Å². The Morgan fingerprint density at radius 1 is 1.00 bits per heavy atom. The normalized spacial score (nSPS) is 22.5. The molecule has 1 heteroatoms. The van der Waals surface area contributed by atoms with E-state index in [0.717, 1.165) is 12.8 Å². The lowest BCUT2D eigenvalue weighted by Gasteiger charge is -2.27. The van der Waals surface area contributed by atoms with Crippen LogP contribution in [0.15, 0.2) is 24.3 Å². The van der Waals surface area contributed by atoms with Gasteiger partial charge in [0, 0.05) is 12.3 Å². The molecule has 0 aliphatic heterocycles. The number of ketones is 1. The number of carbonyl (C=O) groups is 1. The summed E-state index contributed by atoms with van der Waals surface area (Å²) in [5, 5.41) is 0. The highest BCUT2D eigenvalue weighted by atomic mass is 16.1. The first-order valence-electron chi connectivity index (χ1n) is 8.86. The Labute approximate surface area is 130 Å².